The third-order valence-electron chi connectivity index (χ3n) is 2.49. The van der Waals surface area contributed by atoms with E-state index in [-0.39, 0.29) is 0 Å². The molecule has 0 amide bonds. The highest BCUT2D eigenvalue weighted by atomic mass is 35.5. The van der Waals surface area contributed by atoms with Crippen LogP contribution in [0, 0.1) is 13.8 Å². The Kier molecular flexibility index (Phi) is 3.15. The van der Waals surface area contributed by atoms with Gasteiger partial charge in [-0.3, -0.25) is 4.98 Å². The molecule has 0 N–H and O–H groups in total. The molecule has 2 aromatic heterocycles. The van der Waals surface area contributed by atoms with Crippen molar-refractivity contribution in [2.75, 3.05) is 0 Å². The molecular weight excluding hydrogens is 222 g/mol. The van der Waals surface area contributed by atoms with Crippen LogP contribution >= 0.6 is 11.6 Å². The number of aromatic nitrogens is 3. The van der Waals surface area contributed by atoms with E-state index in [9.17, 15) is 0 Å². The summed E-state index contributed by atoms with van der Waals surface area (Å²) in [6, 6.07) is 3.90. The molecule has 0 fully saturated rings. The predicted molar refractivity (Wildman–Crippen MR) is 63.6 cm³/mol. The minimum atomic E-state index is 0.538. The van der Waals surface area contributed by atoms with Crippen molar-refractivity contribution < 1.29 is 0 Å². The summed E-state index contributed by atoms with van der Waals surface area (Å²) in [4.78, 5) is 12.6. The largest absolute Gasteiger partial charge is 0.265 e. The zero-order chi connectivity index (χ0) is 11.5. The first-order valence-electron chi connectivity index (χ1n) is 5.05. The molecule has 0 unspecified atom stereocenters. The fourth-order valence-electron chi connectivity index (χ4n) is 1.41. The van der Waals surface area contributed by atoms with Crippen LogP contribution in [0.1, 0.15) is 22.6 Å². The average molecular weight is 234 g/mol. The second-order valence-corrected chi connectivity index (χ2v) is 4.03. The fourth-order valence-corrected chi connectivity index (χ4v) is 1.65. The third kappa shape index (κ3) is 2.36. The Bertz CT molecular complexity index is 474. The molecule has 3 nitrogen and oxygen atoms in total. The van der Waals surface area contributed by atoms with Crippen LogP contribution in [-0.2, 0) is 6.42 Å². The first-order chi connectivity index (χ1) is 7.66. The van der Waals surface area contributed by atoms with Crippen molar-refractivity contribution >= 4 is 11.6 Å². The number of pyridine rings is 1. The van der Waals surface area contributed by atoms with Gasteiger partial charge in [0.1, 0.15) is 11.0 Å². The molecule has 2 heterocycles. The first-order valence-corrected chi connectivity index (χ1v) is 5.43. The Labute approximate surface area is 99.5 Å². The quantitative estimate of drug-likeness (QED) is 0.749. The summed E-state index contributed by atoms with van der Waals surface area (Å²) in [7, 11) is 0. The van der Waals surface area contributed by atoms with E-state index in [1.54, 1.807) is 12.4 Å². The van der Waals surface area contributed by atoms with E-state index in [2.05, 4.69) is 15.0 Å². The molecule has 0 aliphatic rings. The second-order valence-electron chi connectivity index (χ2n) is 3.67. The van der Waals surface area contributed by atoms with Crippen LogP contribution in [0.3, 0.4) is 0 Å². The molecule has 0 aliphatic heterocycles. The highest BCUT2D eigenvalue weighted by molar-refractivity contribution is 6.30. The average Bonchev–Trinajstić information content (AvgIpc) is 2.27. The van der Waals surface area contributed by atoms with Crippen LogP contribution < -0.4 is 0 Å². The molecule has 4 heteroatoms. The molecule has 16 heavy (non-hydrogen) atoms. The Morgan fingerprint density at radius 1 is 1.12 bits per heavy atom. The van der Waals surface area contributed by atoms with Crippen LogP contribution in [0.25, 0.3) is 0 Å². The molecule has 82 valence electrons. The van der Waals surface area contributed by atoms with Crippen molar-refractivity contribution in [3.8, 4) is 0 Å². The van der Waals surface area contributed by atoms with E-state index in [0.717, 1.165) is 22.6 Å². The highest BCUT2D eigenvalue weighted by Crippen LogP contribution is 2.16. The van der Waals surface area contributed by atoms with Crippen molar-refractivity contribution in [2.24, 2.45) is 0 Å². The lowest BCUT2D eigenvalue weighted by molar-refractivity contribution is 0.925. The van der Waals surface area contributed by atoms with Gasteiger partial charge < -0.3 is 0 Å². The monoisotopic (exact) mass is 233 g/mol. The Balaban J connectivity index is 2.29. The zero-order valence-electron chi connectivity index (χ0n) is 9.24. The van der Waals surface area contributed by atoms with Gasteiger partial charge in [-0.15, -0.1) is 0 Å². The molecule has 0 bridgehead atoms. The topological polar surface area (TPSA) is 38.7 Å². The van der Waals surface area contributed by atoms with E-state index in [0.29, 0.717) is 11.6 Å². The standard InChI is InChI=1S/C12H12ClN3/c1-8-9(2)15-11(16-12(8)13)7-10-3-5-14-6-4-10/h3-6H,7H2,1-2H3. The minimum absolute atomic E-state index is 0.538. The Morgan fingerprint density at radius 3 is 2.44 bits per heavy atom. The van der Waals surface area contributed by atoms with Crippen LogP contribution in [0.2, 0.25) is 5.15 Å². The molecule has 0 aromatic carbocycles. The summed E-state index contributed by atoms with van der Waals surface area (Å²) in [6.45, 7) is 3.87. The van der Waals surface area contributed by atoms with E-state index in [1.165, 1.54) is 0 Å². The number of halogens is 1. The van der Waals surface area contributed by atoms with Gasteiger partial charge in [0.05, 0.1) is 0 Å². The Morgan fingerprint density at radius 2 is 1.81 bits per heavy atom. The summed E-state index contributed by atoms with van der Waals surface area (Å²) in [5.41, 5.74) is 3.01. The lowest BCUT2D eigenvalue weighted by atomic mass is 10.2. The number of rotatable bonds is 2. The predicted octanol–water partition coefficient (Wildman–Crippen LogP) is 2.73. The number of hydrogen-bond acceptors (Lipinski definition) is 3. The summed E-state index contributed by atoms with van der Waals surface area (Å²) in [5.74, 6) is 0.749. The molecule has 0 saturated carbocycles. The van der Waals surface area contributed by atoms with Crippen LogP contribution in [0.15, 0.2) is 24.5 Å². The van der Waals surface area contributed by atoms with Gasteiger partial charge in [0.15, 0.2) is 0 Å². The van der Waals surface area contributed by atoms with Gasteiger partial charge in [-0.05, 0) is 31.5 Å². The number of aryl methyl sites for hydroxylation is 1. The van der Waals surface area contributed by atoms with Gasteiger partial charge in [-0.1, -0.05) is 11.6 Å². The SMILES string of the molecule is Cc1nc(Cc2ccncc2)nc(Cl)c1C. The summed E-state index contributed by atoms with van der Waals surface area (Å²) < 4.78 is 0. The lowest BCUT2D eigenvalue weighted by Gasteiger charge is -2.05. The highest BCUT2D eigenvalue weighted by Gasteiger charge is 2.06. The fraction of sp³-hybridized carbons (Fsp3) is 0.250. The van der Waals surface area contributed by atoms with Crippen LogP contribution in [-0.4, -0.2) is 15.0 Å². The van der Waals surface area contributed by atoms with Crippen molar-refractivity contribution in [1.82, 2.24) is 15.0 Å². The zero-order valence-corrected chi connectivity index (χ0v) is 9.99. The number of hydrogen-bond donors (Lipinski definition) is 0. The lowest BCUT2D eigenvalue weighted by Crippen LogP contribution is -2.01. The summed E-state index contributed by atoms with van der Waals surface area (Å²) in [5, 5.41) is 0.538. The number of nitrogens with zero attached hydrogens (tertiary/aromatic N) is 3. The summed E-state index contributed by atoms with van der Waals surface area (Å²) >= 11 is 6.02. The van der Waals surface area contributed by atoms with Gasteiger partial charge in [0, 0.05) is 30.1 Å². The van der Waals surface area contributed by atoms with Crippen molar-refractivity contribution in [2.45, 2.75) is 20.3 Å². The minimum Gasteiger partial charge on any atom is -0.265 e. The van der Waals surface area contributed by atoms with E-state index < -0.39 is 0 Å². The Hall–Kier alpha value is -1.48. The maximum absolute atomic E-state index is 6.02. The van der Waals surface area contributed by atoms with Gasteiger partial charge in [0.25, 0.3) is 0 Å². The molecular formula is C12H12ClN3. The van der Waals surface area contributed by atoms with Gasteiger partial charge >= 0.3 is 0 Å². The molecule has 2 rings (SSSR count). The van der Waals surface area contributed by atoms with Gasteiger partial charge in [-0.2, -0.15) is 0 Å². The molecule has 0 radical (unpaired) electrons. The van der Waals surface area contributed by atoms with Crippen LogP contribution in [0.5, 0.6) is 0 Å². The third-order valence-corrected chi connectivity index (χ3v) is 2.86. The normalized spacial score (nSPS) is 10.4. The molecule has 0 atom stereocenters. The van der Waals surface area contributed by atoms with Crippen molar-refractivity contribution in [3.05, 3.63) is 52.3 Å². The van der Waals surface area contributed by atoms with E-state index in [4.69, 9.17) is 11.6 Å². The van der Waals surface area contributed by atoms with Crippen molar-refractivity contribution in [1.29, 1.82) is 0 Å². The molecule has 0 spiro atoms. The first kappa shape index (κ1) is 11.0. The van der Waals surface area contributed by atoms with E-state index in [1.807, 2.05) is 26.0 Å². The van der Waals surface area contributed by atoms with Crippen LogP contribution in [0.4, 0.5) is 0 Å². The summed E-state index contributed by atoms with van der Waals surface area (Å²) in [6.07, 6.45) is 4.21. The second kappa shape index (κ2) is 4.58. The van der Waals surface area contributed by atoms with Crippen molar-refractivity contribution in [3.63, 3.8) is 0 Å². The molecule has 2 aromatic rings. The molecule has 0 saturated heterocycles. The maximum Gasteiger partial charge on any atom is 0.135 e. The smallest absolute Gasteiger partial charge is 0.135 e. The van der Waals surface area contributed by atoms with E-state index >= 15 is 0 Å². The molecule has 0 aliphatic carbocycles. The van der Waals surface area contributed by atoms with Gasteiger partial charge in [0.2, 0.25) is 0 Å². The van der Waals surface area contributed by atoms with Gasteiger partial charge in [-0.25, -0.2) is 9.97 Å². The maximum atomic E-state index is 6.02.